The van der Waals surface area contributed by atoms with Crippen molar-refractivity contribution in [3.63, 3.8) is 0 Å². The minimum atomic E-state index is -0.784. The van der Waals surface area contributed by atoms with Crippen LogP contribution in [-0.4, -0.2) is 24.1 Å². The van der Waals surface area contributed by atoms with Gasteiger partial charge in [-0.25, -0.2) is 4.79 Å². The molecule has 0 aliphatic heterocycles. The summed E-state index contributed by atoms with van der Waals surface area (Å²) >= 11 is 0. The van der Waals surface area contributed by atoms with Gasteiger partial charge in [0.1, 0.15) is 29.0 Å². The normalized spacial score (nSPS) is 10.8. The summed E-state index contributed by atoms with van der Waals surface area (Å²) in [7, 11) is 0. The molecule has 0 unspecified atom stereocenters. The van der Waals surface area contributed by atoms with Crippen LogP contribution in [-0.2, 0) is 9.59 Å². The van der Waals surface area contributed by atoms with Gasteiger partial charge in [-0.05, 0) is 62.2 Å². The summed E-state index contributed by atoms with van der Waals surface area (Å²) < 4.78 is 11.2. The Balaban J connectivity index is 1.76. The van der Waals surface area contributed by atoms with Gasteiger partial charge in [0.05, 0.1) is 12.2 Å². The van der Waals surface area contributed by atoms with Crippen LogP contribution in [0.4, 0.5) is 0 Å². The lowest BCUT2D eigenvalue weighted by molar-refractivity contribution is -0.126. The number of ether oxygens (including phenoxy) is 2. The van der Waals surface area contributed by atoms with E-state index in [1.54, 1.807) is 48.5 Å². The zero-order valence-corrected chi connectivity index (χ0v) is 20.1. The van der Waals surface area contributed by atoms with Gasteiger partial charge in [-0.15, -0.1) is 0 Å². The van der Waals surface area contributed by atoms with Crippen LogP contribution < -0.4 is 9.47 Å². The monoisotopic (exact) mass is 452 g/mol. The lowest BCUT2D eigenvalue weighted by Crippen LogP contribution is -2.17. The molecule has 5 heteroatoms. The number of hydrogen-bond acceptors (Lipinski definition) is 5. The Morgan fingerprint density at radius 1 is 0.697 bits per heavy atom. The molecular formula is C28H36O5. The predicted octanol–water partition coefficient (Wildman–Crippen LogP) is 6.69. The van der Waals surface area contributed by atoms with Crippen LogP contribution >= 0.6 is 0 Å². The molecule has 0 fully saturated rings. The average Bonchev–Trinajstić information content (AvgIpc) is 2.79. The molecule has 0 atom stereocenters. The second-order valence-corrected chi connectivity index (χ2v) is 8.46. The first-order chi connectivity index (χ1) is 15.9. The lowest BCUT2D eigenvalue weighted by atomic mass is 9.92. The fourth-order valence-electron chi connectivity index (χ4n) is 3.76. The molecular weight excluding hydrogens is 416 g/mol. The van der Waals surface area contributed by atoms with Crippen LogP contribution in [0.2, 0.25) is 0 Å². The molecule has 2 rings (SSSR count). The summed E-state index contributed by atoms with van der Waals surface area (Å²) in [5, 5.41) is 0. The van der Waals surface area contributed by atoms with Crippen molar-refractivity contribution in [3.05, 3.63) is 59.7 Å². The van der Waals surface area contributed by atoms with Crippen LogP contribution in [0.3, 0.4) is 0 Å². The third-order valence-corrected chi connectivity index (χ3v) is 5.59. The number of Topliss-reactive ketones (excluding diaryl/α,β-unsaturated/α-hetero) is 2. The third kappa shape index (κ3) is 9.21. The van der Waals surface area contributed by atoms with Gasteiger partial charge in [0, 0.05) is 0 Å². The van der Waals surface area contributed by atoms with Crippen LogP contribution in [0, 0.1) is 0 Å². The molecule has 2 aromatic rings. The minimum Gasteiger partial charge on any atom is -0.494 e. The molecule has 178 valence electrons. The molecule has 0 aromatic heterocycles. The Morgan fingerprint density at radius 3 is 1.76 bits per heavy atom. The highest BCUT2D eigenvalue weighted by Gasteiger charge is 2.21. The number of hydrogen-bond donors (Lipinski definition) is 0. The quantitative estimate of drug-likeness (QED) is 0.130. The number of benzene rings is 2. The fraction of sp³-hybridized carbons (Fsp3) is 0.464. The second-order valence-electron chi connectivity index (χ2n) is 8.46. The first-order valence-electron chi connectivity index (χ1n) is 12.0. The Bertz CT molecular complexity index is 870. The number of ketones is 2. The molecule has 0 bridgehead atoms. The van der Waals surface area contributed by atoms with Crippen LogP contribution in [0.25, 0.3) is 0 Å². The fourth-order valence-corrected chi connectivity index (χ4v) is 3.76. The highest BCUT2D eigenvalue weighted by molar-refractivity contribution is 6.05. The van der Waals surface area contributed by atoms with E-state index in [0.717, 1.165) is 12.2 Å². The average molecular weight is 453 g/mol. The molecule has 0 radical (unpaired) electrons. The van der Waals surface area contributed by atoms with E-state index in [1.807, 2.05) is 0 Å². The largest absolute Gasteiger partial charge is 0.494 e. The smallest absolute Gasteiger partial charge is 0.343 e. The van der Waals surface area contributed by atoms with Gasteiger partial charge in [0.2, 0.25) is 0 Å². The number of carbonyl (C=O) groups excluding carboxylic acids is 3. The Kier molecular flexibility index (Phi) is 11.4. The molecule has 0 aliphatic carbocycles. The summed E-state index contributed by atoms with van der Waals surface area (Å²) in [5.74, 6) is -0.600. The topological polar surface area (TPSA) is 69.7 Å². The van der Waals surface area contributed by atoms with Gasteiger partial charge >= 0.3 is 5.97 Å². The zero-order chi connectivity index (χ0) is 24.1. The minimum absolute atomic E-state index is 0.211. The maximum atomic E-state index is 12.4. The van der Waals surface area contributed by atoms with Crippen molar-refractivity contribution in [2.75, 3.05) is 6.61 Å². The van der Waals surface area contributed by atoms with Crippen molar-refractivity contribution in [1.29, 1.82) is 0 Å². The number of esters is 1. The van der Waals surface area contributed by atoms with E-state index in [-0.39, 0.29) is 11.6 Å². The van der Waals surface area contributed by atoms with E-state index in [1.165, 1.54) is 58.8 Å². The van der Waals surface area contributed by atoms with E-state index < -0.39 is 11.9 Å². The standard InChI is InChI=1S/C28H36O5/c1-4-5-6-7-8-9-10-11-20-32-25-16-14-24(15-17-25)28(31)33-26-18-12-23(13-19-26)27(21(2)29)22(3)30/h12-19,27H,4-11,20H2,1-3H3. The number of unbranched alkanes of at least 4 members (excludes halogenated alkanes) is 7. The molecule has 0 N–H and O–H groups in total. The van der Waals surface area contributed by atoms with Gasteiger partial charge in [-0.3, -0.25) is 9.59 Å². The van der Waals surface area contributed by atoms with Crippen LogP contribution in [0.5, 0.6) is 11.5 Å². The van der Waals surface area contributed by atoms with E-state index in [9.17, 15) is 14.4 Å². The van der Waals surface area contributed by atoms with Gasteiger partial charge in [-0.1, -0.05) is 64.0 Å². The van der Waals surface area contributed by atoms with Crippen LogP contribution in [0.15, 0.2) is 48.5 Å². The summed E-state index contributed by atoms with van der Waals surface area (Å²) in [6.07, 6.45) is 10.0. The van der Waals surface area contributed by atoms with E-state index in [4.69, 9.17) is 9.47 Å². The van der Waals surface area contributed by atoms with Crippen molar-refractivity contribution in [3.8, 4) is 11.5 Å². The number of carbonyl (C=O) groups is 3. The number of rotatable bonds is 15. The van der Waals surface area contributed by atoms with Crippen molar-refractivity contribution in [2.24, 2.45) is 0 Å². The molecule has 0 saturated heterocycles. The summed E-state index contributed by atoms with van der Waals surface area (Å²) in [4.78, 5) is 35.8. The molecule has 33 heavy (non-hydrogen) atoms. The first kappa shape index (κ1) is 26.3. The van der Waals surface area contributed by atoms with E-state index >= 15 is 0 Å². The zero-order valence-electron chi connectivity index (χ0n) is 20.1. The van der Waals surface area contributed by atoms with Crippen molar-refractivity contribution in [1.82, 2.24) is 0 Å². The van der Waals surface area contributed by atoms with Gasteiger partial charge in [-0.2, -0.15) is 0 Å². The maximum Gasteiger partial charge on any atom is 0.343 e. The molecule has 0 amide bonds. The Labute approximate surface area is 197 Å². The SMILES string of the molecule is CCCCCCCCCCOc1ccc(C(=O)Oc2ccc(C(C(C)=O)C(C)=O)cc2)cc1. The summed E-state index contributed by atoms with van der Waals surface area (Å²) in [5.41, 5.74) is 1.01. The van der Waals surface area contributed by atoms with Gasteiger partial charge in [0.25, 0.3) is 0 Å². The predicted molar refractivity (Wildman–Crippen MR) is 130 cm³/mol. The highest BCUT2D eigenvalue weighted by Crippen LogP contribution is 2.22. The summed E-state index contributed by atoms with van der Waals surface area (Å²) in [6, 6.07) is 13.4. The maximum absolute atomic E-state index is 12.4. The van der Waals surface area contributed by atoms with Crippen molar-refractivity contribution < 1.29 is 23.9 Å². The molecule has 5 nitrogen and oxygen atoms in total. The van der Waals surface area contributed by atoms with Crippen LogP contribution in [0.1, 0.15) is 94.0 Å². The van der Waals surface area contributed by atoms with E-state index in [2.05, 4.69) is 6.92 Å². The molecule has 0 saturated carbocycles. The Hall–Kier alpha value is -2.95. The third-order valence-electron chi connectivity index (χ3n) is 5.59. The van der Waals surface area contributed by atoms with Gasteiger partial charge < -0.3 is 9.47 Å². The lowest BCUT2D eigenvalue weighted by Gasteiger charge is -2.11. The van der Waals surface area contributed by atoms with Crippen molar-refractivity contribution >= 4 is 17.5 Å². The van der Waals surface area contributed by atoms with Gasteiger partial charge in [0.15, 0.2) is 0 Å². The van der Waals surface area contributed by atoms with Crippen molar-refractivity contribution in [2.45, 2.75) is 78.1 Å². The molecule has 0 spiro atoms. The Morgan fingerprint density at radius 2 is 1.21 bits per heavy atom. The van der Waals surface area contributed by atoms with E-state index in [0.29, 0.717) is 23.5 Å². The first-order valence-corrected chi connectivity index (χ1v) is 12.0. The summed E-state index contributed by atoms with van der Waals surface area (Å²) in [6.45, 7) is 5.69. The molecule has 0 aliphatic rings. The molecule has 2 aromatic carbocycles. The highest BCUT2D eigenvalue weighted by atomic mass is 16.5. The second kappa shape index (κ2) is 14.2. The molecule has 0 heterocycles.